The highest BCUT2D eigenvalue weighted by Gasteiger charge is 2.19. The number of ether oxygens (including phenoxy) is 1. The first-order valence-corrected chi connectivity index (χ1v) is 12.2. The van der Waals surface area contributed by atoms with Gasteiger partial charge in [-0.25, -0.2) is 19.3 Å². The summed E-state index contributed by atoms with van der Waals surface area (Å²) in [4.78, 5) is 26.5. The molecule has 0 bridgehead atoms. The van der Waals surface area contributed by atoms with Gasteiger partial charge in [-0.2, -0.15) is 0 Å². The van der Waals surface area contributed by atoms with E-state index in [-0.39, 0.29) is 11.7 Å². The predicted molar refractivity (Wildman–Crippen MR) is 140 cm³/mol. The van der Waals surface area contributed by atoms with E-state index in [4.69, 9.17) is 14.7 Å². The van der Waals surface area contributed by atoms with E-state index in [2.05, 4.69) is 15.6 Å². The zero-order chi connectivity index (χ0) is 25.4. The van der Waals surface area contributed by atoms with Gasteiger partial charge in [0.05, 0.1) is 19.5 Å². The summed E-state index contributed by atoms with van der Waals surface area (Å²) in [7, 11) is 3.57. The number of thiazole rings is 1. The van der Waals surface area contributed by atoms with E-state index >= 15 is 0 Å². The molecule has 5 rings (SSSR count). The lowest BCUT2D eigenvalue weighted by Gasteiger charge is -2.14. The summed E-state index contributed by atoms with van der Waals surface area (Å²) in [6.45, 7) is 3.74. The van der Waals surface area contributed by atoms with Gasteiger partial charge in [-0.15, -0.1) is 0 Å². The van der Waals surface area contributed by atoms with Crippen LogP contribution in [0.2, 0.25) is 0 Å². The number of rotatable bonds is 7. The number of aromatic nitrogens is 4. The summed E-state index contributed by atoms with van der Waals surface area (Å²) in [5, 5.41) is 6.86. The van der Waals surface area contributed by atoms with Crippen LogP contribution in [-0.4, -0.2) is 32.5 Å². The third-order valence-corrected chi connectivity index (χ3v) is 6.95. The summed E-state index contributed by atoms with van der Waals surface area (Å²) in [6.07, 6.45) is 1.74. The lowest BCUT2D eigenvalue weighted by molar-refractivity contribution is -0.119. The molecule has 0 spiro atoms. The van der Waals surface area contributed by atoms with Crippen LogP contribution in [0.3, 0.4) is 0 Å². The molecule has 10 heteroatoms. The van der Waals surface area contributed by atoms with Gasteiger partial charge in [0, 0.05) is 31.6 Å². The molecule has 8 nitrogen and oxygen atoms in total. The van der Waals surface area contributed by atoms with Crippen LogP contribution in [0.4, 0.5) is 10.2 Å². The van der Waals surface area contributed by atoms with Crippen LogP contribution < -0.4 is 15.4 Å². The fourth-order valence-electron chi connectivity index (χ4n) is 4.15. The number of imidazole rings is 1. The molecular formula is C26H25FN6O2S. The molecule has 184 valence electrons. The molecule has 5 aromatic rings. The van der Waals surface area contributed by atoms with Crippen molar-refractivity contribution in [2.75, 3.05) is 12.4 Å². The first kappa shape index (κ1) is 23.7. The van der Waals surface area contributed by atoms with Gasteiger partial charge in [0.2, 0.25) is 5.91 Å². The van der Waals surface area contributed by atoms with Crippen molar-refractivity contribution in [2.45, 2.75) is 26.4 Å². The normalized spacial score (nSPS) is 12.1. The molecule has 1 unspecified atom stereocenters. The molecular weight excluding hydrogens is 479 g/mol. The Morgan fingerprint density at radius 2 is 1.94 bits per heavy atom. The number of halogens is 1. The van der Waals surface area contributed by atoms with Crippen LogP contribution in [0.1, 0.15) is 31.0 Å². The van der Waals surface area contributed by atoms with Crippen molar-refractivity contribution in [3.63, 3.8) is 0 Å². The number of pyridine rings is 1. The van der Waals surface area contributed by atoms with Gasteiger partial charge < -0.3 is 19.9 Å². The van der Waals surface area contributed by atoms with Gasteiger partial charge in [-0.1, -0.05) is 23.5 Å². The van der Waals surface area contributed by atoms with E-state index < -0.39 is 6.04 Å². The third-order valence-electron chi connectivity index (χ3n) is 5.96. The zero-order valence-electron chi connectivity index (χ0n) is 20.3. The number of nitrogens with zero attached hydrogens (tertiary/aromatic N) is 4. The van der Waals surface area contributed by atoms with Crippen molar-refractivity contribution in [1.82, 2.24) is 24.8 Å². The lowest BCUT2D eigenvalue weighted by atomic mass is 10.0. The van der Waals surface area contributed by atoms with E-state index in [1.807, 2.05) is 35.9 Å². The average molecular weight is 505 g/mol. The van der Waals surface area contributed by atoms with Crippen molar-refractivity contribution in [2.24, 2.45) is 7.05 Å². The van der Waals surface area contributed by atoms with Gasteiger partial charge in [0.25, 0.3) is 0 Å². The predicted octanol–water partition coefficient (Wildman–Crippen LogP) is 5.20. The van der Waals surface area contributed by atoms with E-state index in [9.17, 15) is 9.18 Å². The number of anilines is 1. The minimum absolute atomic E-state index is 0.218. The summed E-state index contributed by atoms with van der Waals surface area (Å²) in [6, 6.07) is 12.2. The van der Waals surface area contributed by atoms with Crippen LogP contribution in [0.5, 0.6) is 5.75 Å². The van der Waals surface area contributed by atoms with Crippen LogP contribution in [-0.2, 0) is 18.4 Å². The molecule has 2 N–H and O–H groups in total. The molecule has 0 aliphatic rings. The Morgan fingerprint density at radius 1 is 1.17 bits per heavy atom. The molecule has 0 radical (unpaired) electrons. The molecule has 3 aromatic heterocycles. The first-order chi connectivity index (χ1) is 17.3. The Balaban J connectivity index is 1.53. The minimum Gasteiger partial charge on any atom is -0.497 e. The van der Waals surface area contributed by atoms with Gasteiger partial charge in [-0.05, 0) is 42.8 Å². The number of methoxy groups -OCH3 is 1. The number of nitrogens with one attached hydrogen (secondary N) is 2. The minimum atomic E-state index is -0.465. The topological polar surface area (TPSA) is 94.0 Å². The number of amides is 1. The third kappa shape index (κ3) is 4.47. The van der Waals surface area contributed by atoms with Gasteiger partial charge >= 0.3 is 0 Å². The molecule has 1 amide bonds. The number of fused-ring (bicyclic) bond motifs is 3. The van der Waals surface area contributed by atoms with E-state index in [1.165, 1.54) is 24.3 Å². The smallest absolute Gasteiger partial charge is 0.217 e. The largest absolute Gasteiger partial charge is 0.497 e. The molecule has 0 saturated heterocycles. The average Bonchev–Trinajstić information content (AvgIpc) is 3.46. The number of benzene rings is 2. The quantitative estimate of drug-likeness (QED) is 0.316. The van der Waals surface area contributed by atoms with Gasteiger partial charge in [0.1, 0.15) is 38.0 Å². The van der Waals surface area contributed by atoms with Crippen molar-refractivity contribution in [1.29, 1.82) is 0 Å². The molecule has 2 aromatic carbocycles. The Kier molecular flexibility index (Phi) is 6.27. The molecule has 0 aliphatic heterocycles. The number of hydrogen-bond donors (Lipinski definition) is 2. The summed E-state index contributed by atoms with van der Waals surface area (Å²) >= 11 is 1.43. The fraction of sp³-hybridized carbons (Fsp3) is 0.231. The summed E-state index contributed by atoms with van der Waals surface area (Å²) in [5.74, 6) is 0.879. The zero-order valence-corrected chi connectivity index (χ0v) is 21.1. The van der Waals surface area contributed by atoms with Crippen LogP contribution >= 0.6 is 11.3 Å². The molecule has 0 fully saturated rings. The second kappa shape index (κ2) is 9.54. The highest BCUT2D eigenvalue weighted by molar-refractivity contribution is 7.21. The molecule has 0 saturated carbocycles. The standard InChI is InChI=1S/C26H25FN6O2S/c1-14(30-15(2)34)19-11-17(7-10-20(19)27)25-31-22-23-21(29-13-33(23)3)24(32-26(22)36-25)28-12-16-5-8-18(35-4)9-6-16/h5-11,13-14H,12H2,1-4H3,(H,28,32)(H,30,34). The van der Waals surface area contributed by atoms with Crippen molar-refractivity contribution in [3.8, 4) is 16.3 Å². The molecule has 36 heavy (non-hydrogen) atoms. The maximum Gasteiger partial charge on any atom is 0.217 e. The van der Waals surface area contributed by atoms with Crippen LogP contribution in [0.15, 0.2) is 48.8 Å². The Bertz CT molecular complexity index is 1580. The van der Waals surface area contributed by atoms with E-state index in [1.54, 1.807) is 32.5 Å². The van der Waals surface area contributed by atoms with Crippen molar-refractivity contribution < 1.29 is 13.9 Å². The Labute approximate surface area is 211 Å². The molecule has 3 heterocycles. The maximum absolute atomic E-state index is 14.5. The van der Waals surface area contributed by atoms with E-state index in [0.717, 1.165) is 38.3 Å². The lowest BCUT2D eigenvalue weighted by Crippen LogP contribution is -2.24. The highest BCUT2D eigenvalue weighted by atomic mass is 32.1. The van der Waals surface area contributed by atoms with E-state index in [0.29, 0.717) is 22.9 Å². The maximum atomic E-state index is 14.5. The van der Waals surface area contributed by atoms with Crippen molar-refractivity contribution in [3.05, 3.63) is 65.7 Å². The number of aryl methyl sites for hydroxylation is 1. The number of carbonyl (C=O) groups is 1. The highest BCUT2D eigenvalue weighted by Crippen LogP contribution is 2.36. The van der Waals surface area contributed by atoms with Crippen LogP contribution in [0.25, 0.3) is 32.0 Å². The summed E-state index contributed by atoms with van der Waals surface area (Å²) < 4.78 is 21.7. The monoisotopic (exact) mass is 504 g/mol. The number of carbonyl (C=O) groups excluding carboxylic acids is 1. The van der Waals surface area contributed by atoms with Gasteiger partial charge in [-0.3, -0.25) is 4.79 Å². The molecule has 0 aliphatic carbocycles. The van der Waals surface area contributed by atoms with Crippen molar-refractivity contribution >= 4 is 44.4 Å². The van der Waals surface area contributed by atoms with Gasteiger partial charge in [0.15, 0.2) is 5.82 Å². The second-order valence-corrected chi connectivity index (χ2v) is 9.52. The Hall–Kier alpha value is -4.05. The number of hydrogen-bond acceptors (Lipinski definition) is 7. The van der Waals surface area contributed by atoms with Crippen LogP contribution in [0, 0.1) is 5.82 Å². The fourth-order valence-corrected chi connectivity index (χ4v) is 5.09. The second-order valence-electron chi connectivity index (χ2n) is 8.55. The Morgan fingerprint density at radius 3 is 2.67 bits per heavy atom. The summed E-state index contributed by atoms with van der Waals surface area (Å²) in [5.41, 5.74) is 4.58. The SMILES string of the molecule is COc1ccc(CNc2nc3sc(-c4ccc(F)c(C(C)NC(C)=O)c4)nc3c3c2ncn3C)cc1. The first-order valence-electron chi connectivity index (χ1n) is 11.4. The molecule has 1 atom stereocenters.